The summed E-state index contributed by atoms with van der Waals surface area (Å²) in [5.74, 6) is -1.85. The molecule has 4 atom stereocenters. The summed E-state index contributed by atoms with van der Waals surface area (Å²) in [6.45, 7) is 5.97. The van der Waals surface area contributed by atoms with Gasteiger partial charge in [0.15, 0.2) is 6.04 Å². The SMILES string of the molecule is COC(=O)[C@@H](NC(=O)C1(Cc2ccc(C)cc2)CCCN1C(=O)C1CCCN1)[C@@H](C)OC(C)=O. The largest absolute Gasteiger partial charge is 0.467 e. The molecule has 0 aromatic heterocycles. The molecule has 2 heterocycles. The van der Waals surface area contributed by atoms with Gasteiger partial charge in [-0.25, -0.2) is 4.79 Å². The zero-order valence-electron chi connectivity index (χ0n) is 20.4. The van der Waals surface area contributed by atoms with E-state index in [1.807, 2.05) is 31.2 Å². The Bertz CT molecular complexity index is 912. The molecule has 2 saturated heterocycles. The Kier molecular flexibility index (Phi) is 8.30. The first kappa shape index (κ1) is 25.7. The number of ether oxygens (including phenoxy) is 2. The summed E-state index contributed by atoms with van der Waals surface area (Å²) in [4.78, 5) is 53.1. The van der Waals surface area contributed by atoms with Gasteiger partial charge in [-0.15, -0.1) is 0 Å². The first-order valence-electron chi connectivity index (χ1n) is 11.8. The third-order valence-corrected chi connectivity index (χ3v) is 6.72. The second kappa shape index (κ2) is 11.0. The zero-order valence-corrected chi connectivity index (χ0v) is 20.4. The van der Waals surface area contributed by atoms with E-state index >= 15 is 0 Å². The molecule has 0 saturated carbocycles. The van der Waals surface area contributed by atoms with Crippen molar-refractivity contribution in [2.45, 2.75) is 76.6 Å². The van der Waals surface area contributed by atoms with Crippen molar-refractivity contribution in [3.8, 4) is 0 Å². The maximum Gasteiger partial charge on any atom is 0.332 e. The quantitative estimate of drug-likeness (QED) is 0.547. The Balaban J connectivity index is 1.95. The number of nitrogens with one attached hydrogen (secondary N) is 2. The van der Waals surface area contributed by atoms with Crippen LogP contribution in [0.2, 0.25) is 0 Å². The van der Waals surface area contributed by atoms with E-state index in [0.29, 0.717) is 25.8 Å². The van der Waals surface area contributed by atoms with E-state index in [0.717, 1.165) is 30.5 Å². The number of hydrogen-bond donors (Lipinski definition) is 2. The number of hydrogen-bond acceptors (Lipinski definition) is 7. The van der Waals surface area contributed by atoms with E-state index in [-0.39, 0.29) is 11.9 Å². The number of esters is 2. The summed E-state index contributed by atoms with van der Waals surface area (Å²) < 4.78 is 10.0. The molecule has 2 aliphatic heterocycles. The molecule has 0 bridgehead atoms. The molecule has 9 nitrogen and oxygen atoms in total. The van der Waals surface area contributed by atoms with Crippen molar-refractivity contribution in [3.63, 3.8) is 0 Å². The van der Waals surface area contributed by atoms with Crippen molar-refractivity contribution >= 4 is 23.8 Å². The van der Waals surface area contributed by atoms with Crippen LogP contribution in [0.1, 0.15) is 50.7 Å². The summed E-state index contributed by atoms with van der Waals surface area (Å²) in [6.07, 6.45) is 2.14. The number of benzene rings is 1. The predicted octanol–water partition coefficient (Wildman–Crippen LogP) is 1.26. The summed E-state index contributed by atoms with van der Waals surface area (Å²) in [7, 11) is 1.21. The summed E-state index contributed by atoms with van der Waals surface area (Å²) in [5.41, 5.74) is 0.846. The number of rotatable bonds is 8. The Morgan fingerprint density at radius 2 is 1.91 bits per heavy atom. The van der Waals surface area contributed by atoms with Crippen LogP contribution >= 0.6 is 0 Å². The highest BCUT2D eigenvalue weighted by molar-refractivity contribution is 5.96. The van der Waals surface area contributed by atoms with Crippen molar-refractivity contribution in [2.75, 3.05) is 20.2 Å². The van der Waals surface area contributed by atoms with Crippen molar-refractivity contribution in [1.82, 2.24) is 15.5 Å². The molecule has 1 aromatic rings. The lowest BCUT2D eigenvalue weighted by atomic mass is 9.85. The number of nitrogens with zero attached hydrogens (tertiary/aromatic N) is 1. The minimum Gasteiger partial charge on any atom is -0.467 e. The molecule has 2 aliphatic rings. The minimum absolute atomic E-state index is 0.0973. The second-order valence-corrected chi connectivity index (χ2v) is 9.23. The molecule has 186 valence electrons. The minimum atomic E-state index is -1.20. The lowest BCUT2D eigenvalue weighted by molar-refractivity contribution is -0.158. The molecule has 0 radical (unpaired) electrons. The van der Waals surface area contributed by atoms with E-state index in [2.05, 4.69) is 10.6 Å². The van der Waals surface area contributed by atoms with Gasteiger partial charge in [-0.1, -0.05) is 29.8 Å². The van der Waals surface area contributed by atoms with Crippen LogP contribution in [0.3, 0.4) is 0 Å². The molecule has 2 unspecified atom stereocenters. The monoisotopic (exact) mass is 473 g/mol. The van der Waals surface area contributed by atoms with Crippen LogP contribution in [0.5, 0.6) is 0 Å². The first-order valence-corrected chi connectivity index (χ1v) is 11.8. The third-order valence-electron chi connectivity index (χ3n) is 6.72. The highest BCUT2D eigenvalue weighted by Gasteiger charge is 2.52. The average molecular weight is 474 g/mol. The fourth-order valence-electron chi connectivity index (χ4n) is 4.93. The normalized spacial score (nSPS) is 23.8. The van der Waals surface area contributed by atoms with Gasteiger partial charge in [-0.05, 0) is 51.6 Å². The van der Waals surface area contributed by atoms with Crippen LogP contribution in [0.15, 0.2) is 24.3 Å². The van der Waals surface area contributed by atoms with Gasteiger partial charge in [-0.3, -0.25) is 14.4 Å². The van der Waals surface area contributed by atoms with Gasteiger partial charge in [0.2, 0.25) is 11.8 Å². The first-order chi connectivity index (χ1) is 16.2. The lowest BCUT2D eigenvalue weighted by Gasteiger charge is -2.40. The van der Waals surface area contributed by atoms with E-state index in [4.69, 9.17) is 9.47 Å². The lowest BCUT2D eigenvalue weighted by Crippen LogP contribution is -2.64. The van der Waals surface area contributed by atoms with Crippen LogP contribution in [-0.4, -0.2) is 72.6 Å². The Morgan fingerprint density at radius 1 is 1.21 bits per heavy atom. The van der Waals surface area contributed by atoms with E-state index < -0.39 is 35.5 Å². The van der Waals surface area contributed by atoms with Crippen molar-refractivity contribution in [2.24, 2.45) is 0 Å². The van der Waals surface area contributed by atoms with Crippen LogP contribution < -0.4 is 10.6 Å². The van der Waals surface area contributed by atoms with E-state index in [1.165, 1.54) is 21.0 Å². The van der Waals surface area contributed by atoms with Gasteiger partial charge < -0.3 is 25.0 Å². The summed E-state index contributed by atoms with van der Waals surface area (Å²) in [6, 6.07) is 6.34. The molecule has 9 heteroatoms. The average Bonchev–Trinajstić information content (AvgIpc) is 3.48. The zero-order chi connectivity index (χ0) is 24.9. The Hall–Kier alpha value is -2.94. The van der Waals surface area contributed by atoms with Gasteiger partial charge in [-0.2, -0.15) is 0 Å². The second-order valence-electron chi connectivity index (χ2n) is 9.23. The molecular weight excluding hydrogens is 438 g/mol. The van der Waals surface area contributed by atoms with Crippen LogP contribution in [0.4, 0.5) is 0 Å². The van der Waals surface area contributed by atoms with Crippen LogP contribution in [-0.2, 0) is 35.1 Å². The molecular formula is C25H35N3O6. The van der Waals surface area contributed by atoms with Crippen molar-refractivity contribution in [3.05, 3.63) is 35.4 Å². The molecule has 3 rings (SSSR count). The number of likely N-dealkylation sites (tertiary alicyclic amines) is 1. The summed E-state index contributed by atoms with van der Waals surface area (Å²) >= 11 is 0. The van der Waals surface area contributed by atoms with E-state index in [1.54, 1.807) is 4.90 Å². The van der Waals surface area contributed by atoms with Gasteiger partial charge >= 0.3 is 11.9 Å². The van der Waals surface area contributed by atoms with Crippen molar-refractivity contribution < 1.29 is 28.7 Å². The van der Waals surface area contributed by atoms with Gasteiger partial charge in [0.05, 0.1) is 13.2 Å². The fourth-order valence-corrected chi connectivity index (χ4v) is 4.93. The highest BCUT2D eigenvalue weighted by Crippen LogP contribution is 2.35. The van der Waals surface area contributed by atoms with Crippen LogP contribution in [0.25, 0.3) is 0 Å². The Labute approximate surface area is 200 Å². The molecule has 0 spiro atoms. The van der Waals surface area contributed by atoms with E-state index in [9.17, 15) is 19.2 Å². The maximum absolute atomic E-state index is 13.9. The molecule has 2 N–H and O–H groups in total. The number of aryl methyl sites for hydroxylation is 1. The molecule has 1 aromatic carbocycles. The molecule has 0 aliphatic carbocycles. The molecule has 2 amide bonds. The topological polar surface area (TPSA) is 114 Å². The molecule has 2 fully saturated rings. The van der Waals surface area contributed by atoms with Crippen LogP contribution in [0, 0.1) is 6.92 Å². The number of carbonyl (C=O) groups is 4. The maximum atomic E-state index is 13.9. The van der Waals surface area contributed by atoms with Crippen molar-refractivity contribution in [1.29, 1.82) is 0 Å². The number of carbonyl (C=O) groups excluding carboxylic acids is 4. The third kappa shape index (κ3) is 5.58. The molecule has 34 heavy (non-hydrogen) atoms. The summed E-state index contributed by atoms with van der Waals surface area (Å²) in [5, 5.41) is 5.99. The standard InChI is InChI=1S/C25H35N3O6/c1-16-8-10-19(11-9-16)15-25(12-6-14-28(25)22(30)20-7-5-13-26-20)24(32)27-21(23(31)33-4)17(2)34-18(3)29/h8-11,17,20-21,26H,5-7,12-15H2,1-4H3,(H,27,32)/t17-,20?,21+,25?/m1/s1. The smallest absolute Gasteiger partial charge is 0.332 e. The predicted molar refractivity (Wildman–Crippen MR) is 125 cm³/mol. The number of methoxy groups -OCH3 is 1. The van der Waals surface area contributed by atoms with Gasteiger partial charge in [0, 0.05) is 19.9 Å². The fraction of sp³-hybridized carbons (Fsp3) is 0.600. The number of amides is 2. The Morgan fingerprint density at radius 3 is 2.50 bits per heavy atom. The highest BCUT2D eigenvalue weighted by atomic mass is 16.6. The van der Waals surface area contributed by atoms with Gasteiger partial charge in [0.1, 0.15) is 11.6 Å². The van der Waals surface area contributed by atoms with Gasteiger partial charge in [0.25, 0.3) is 0 Å².